The van der Waals surface area contributed by atoms with Crippen molar-refractivity contribution < 1.29 is 24.0 Å². The van der Waals surface area contributed by atoms with E-state index in [1.807, 2.05) is 60.7 Å². The molecule has 0 unspecified atom stereocenters. The Bertz CT molecular complexity index is 1300. The first-order chi connectivity index (χ1) is 22.0. The second kappa shape index (κ2) is 20.5. The van der Waals surface area contributed by atoms with Crippen molar-refractivity contribution in [2.24, 2.45) is 39.8 Å². The second-order valence-electron chi connectivity index (χ2n) is 11.6. The topological polar surface area (TPSA) is 226 Å². The van der Waals surface area contributed by atoms with Crippen LogP contribution in [0.5, 0.6) is 0 Å². The smallest absolute Gasteiger partial charge is 0.239 e. The number of unbranched alkanes of at least 4 members (excludes halogenated alkanes) is 1. The summed E-state index contributed by atoms with van der Waals surface area (Å²) < 4.78 is 0. The van der Waals surface area contributed by atoms with Gasteiger partial charge >= 0.3 is 0 Å². The molecule has 10 N–H and O–H groups in total. The molecule has 0 aromatic heterocycles. The van der Waals surface area contributed by atoms with Crippen LogP contribution < -0.4 is 33.6 Å². The molecule has 0 bridgehead atoms. The zero-order valence-corrected chi connectivity index (χ0v) is 26.7. The SMILES string of the molecule is CC(=O)C[C@@H](Cc1ccccc1)C(=O)N[C@H](CCCN=C(N)N)C(=O)C[C@@H](Cc1ccccc1)C(=O)N[C@@H](CCCCN)C(N)=O. The van der Waals surface area contributed by atoms with Crippen molar-refractivity contribution in [3.05, 3.63) is 71.8 Å². The molecule has 0 saturated heterocycles. The molecule has 0 aliphatic rings. The molecule has 0 heterocycles. The number of hydrogen-bond acceptors (Lipinski definition) is 7. The van der Waals surface area contributed by atoms with E-state index in [-0.39, 0.29) is 49.8 Å². The number of Topliss-reactive ketones (excluding diaryl/α,β-unsaturated/α-hetero) is 2. The average Bonchev–Trinajstić information content (AvgIpc) is 3.01. The van der Waals surface area contributed by atoms with Gasteiger partial charge in [0, 0.05) is 31.2 Å². The van der Waals surface area contributed by atoms with Gasteiger partial charge in [0.1, 0.15) is 11.8 Å². The van der Waals surface area contributed by atoms with Gasteiger partial charge in [-0.2, -0.15) is 0 Å². The maximum atomic E-state index is 13.9. The Morgan fingerprint density at radius 2 is 1.20 bits per heavy atom. The predicted octanol–water partition coefficient (Wildman–Crippen LogP) is 1.28. The number of nitrogens with two attached hydrogens (primary N) is 4. The number of aliphatic imine (C=N–C) groups is 1. The maximum Gasteiger partial charge on any atom is 0.239 e. The lowest BCUT2D eigenvalue weighted by Crippen LogP contribution is -2.49. The van der Waals surface area contributed by atoms with Crippen molar-refractivity contribution in [1.29, 1.82) is 0 Å². The summed E-state index contributed by atoms with van der Waals surface area (Å²) in [5.74, 6) is -3.74. The summed E-state index contributed by atoms with van der Waals surface area (Å²) in [5, 5.41) is 5.60. The van der Waals surface area contributed by atoms with Gasteiger partial charge in [0.15, 0.2) is 11.7 Å². The van der Waals surface area contributed by atoms with Crippen LogP contribution in [0.15, 0.2) is 65.7 Å². The molecule has 12 nitrogen and oxygen atoms in total. The fourth-order valence-corrected chi connectivity index (χ4v) is 5.22. The number of primary amides is 1. The normalized spacial score (nSPS) is 13.4. The lowest BCUT2D eigenvalue weighted by molar-refractivity contribution is -0.134. The molecule has 0 aliphatic heterocycles. The Morgan fingerprint density at radius 3 is 1.67 bits per heavy atom. The van der Waals surface area contributed by atoms with Crippen LogP contribution in [0.1, 0.15) is 63.0 Å². The van der Waals surface area contributed by atoms with Gasteiger partial charge in [0.05, 0.1) is 6.04 Å². The number of nitrogens with zero attached hydrogens (tertiary/aromatic N) is 1. The molecule has 0 fully saturated rings. The van der Waals surface area contributed by atoms with Gasteiger partial charge < -0.3 is 38.4 Å². The summed E-state index contributed by atoms with van der Waals surface area (Å²) in [4.78, 5) is 69.2. The monoisotopic (exact) mass is 635 g/mol. The second-order valence-corrected chi connectivity index (χ2v) is 11.6. The fraction of sp³-hybridized carbons (Fsp3) is 0.471. The minimum Gasteiger partial charge on any atom is -0.370 e. The number of benzene rings is 2. The molecule has 0 aliphatic carbocycles. The van der Waals surface area contributed by atoms with Gasteiger partial charge in [0.2, 0.25) is 17.7 Å². The zero-order valence-electron chi connectivity index (χ0n) is 26.7. The summed E-state index contributed by atoms with van der Waals surface area (Å²) in [7, 11) is 0. The van der Waals surface area contributed by atoms with Crippen LogP contribution in [0, 0.1) is 11.8 Å². The molecule has 2 aromatic carbocycles. The van der Waals surface area contributed by atoms with Crippen molar-refractivity contribution in [3.63, 3.8) is 0 Å². The zero-order chi connectivity index (χ0) is 33.9. The standard InChI is InChI=1S/C34H49N7O5/c1-23(42)19-26(20-24-11-4-2-5-12-24)32(45)40-28(16-10-18-39-34(37)38)30(43)22-27(21-25-13-6-3-7-14-25)33(46)41-29(31(36)44)15-8-9-17-35/h2-7,11-14,26-29H,8-10,15-22,35H2,1H3,(H2,36,44)(H,40,45)(H,41,46)(H4,37,38,39)/t26-,27+,28+,29-/m0/s1. The summed E-state index contributed by atoms with van der Waals surface area (Å²) in [6.45, 7) is 2.10. The fourth-order valence-electron chi connectivity index (χ4n) is 5.22. The molecule has 0 saturated carbocycles. The van der Waals surface area contributed by atoms with E-state index >= 15 is 0 Å². The first-order valence-corrected chi connectivity index (χ1v) is 15.8. The van der Waals surface area contributed by atoms with Crippen molar-refractivity contribution >= 4 is 35.2 Å². The summed E-state index contributed by atoms with van der Waals surface area (Å²) in [6, 6.07) is 16.7. The van der Waals surface area contributed by atoms with E-state index in [0.717, 1.165) is 11.1 Å². The molecular weight excluding hydrogens is 586 g/mol. The van der Waals surface area contributed by atoms with Gasteiger partial charge in [-0.25, -0.2) is 0 Å². The van der Waals surface area contributed by atoms with Gasteiger partial charge in [-0.3, -0.25) is 24.2 Å². The van der Waals surface area contributed by atoms with E-state index in [4.69, 9.17) is 22.9 Å². The quantitative estimate of drug-likeness (QED) is 0.0626. The third-order valence-electron chi connectivity index (χ3n) is 7.63. The van der Waals surface area contributed by atoms with Crippen LogP contribution in [0.25, 0.3) is 0 Å². The third-order valence-corrected chi connectivity index (χ3v) is 7.63. The predicted molar refractivity (Wildman–Crippen MR) is 178 cm³/mol. The van der Waals surface area contributed by atoms with Crippen molar-refractivity contribution in [3.8, 4) is 0 Å². The number of hydrogen-bond donors (Lipinski definition) is 6. The van der Waals surface area contributed by atoms with Crippen LogP contribution in [-0.4, -0.2) is 60.4 Å². The third kappa shape index (κ3) is 14.5. The number of guanidine groups is 1. The summed E-state index contributed by atoms with van der Waals surface area (Å²) in [5.41, 5.74) is 23.8. The number of carbonyl (C=O) groups excluding carboxylic acids is 5. The van der Waals surface area contributed by atoms with Gasteiger partial charge in [-0.05, 0) is 69.5 Å². The first-order valence-electron chi connectivity index (χ1n) is 15.8. The van der Waals surface area contributed by atoms with Gasteiger partial charge in [-0.1, -0.05) is 60.7 Å². The molecule has 2 rings (SSSR count). The van der Waals surface area contributed by atoms with Crippen molar-refractivity contribution in [1.82, 2.24) is 10.6 Å². The van der Waals surface area contributed by atoms with E-state index in [0.29, 0.717) is 38.6 Å². The number of rotatable bonds is 22. The lowest BCUT2D eigenvalue weighted by atomic mass is 9.89. The van der Waals surface area contributed by atoms with Crippen LogP contribution in [-0.2, 0) is 36.8 Å². The highest BCUT2D eigenvalue weighted by molar-refractivity contribution is 5.95. The van der Waals surface area contributed by atoms with Crippen molar-refractivity contribution in [2.75, 3.05) is 13.1 Å². The van der Waals surface area contributed by atoms with Crippen molar-refractivity contribution in [2.45, 2.75) is 76.8 Å². The first kappa shape index (κ1) is 37.6. The highest BCUT2D eigenvalue weighted by Crippen LogP contribution is 2.19. The Kier molecular flexibility index (Phi) is 16.7. The number of amides is 3. The molecule has 46 heavy (non-hydrogen) atoms. The molecule has 12 heteroatoms. The Hall–Kier alpha value is -4.58. The van der Waals surface area contributed by atoms with Crippen LogP contribution in [0.4, 0.5) is 0 Å². The molecule has 3 amide bonds. The highest BCUT2D eigenvalue weighted by atomic mass is 16.2. The molecule has 0 spiro atoms. The van der Waals surface area contributed by atoms with E-state index in [1.165, 1.54) is 6.92 Å². The number of ketones is 2. The molecular formula is C34H49N7O5. The van der Waals surface area contributed by atoms with Gasteiger partial charge in [0.25, 0.3) is 0 Å². The van der Waals surface area contributed by atoms with E-state index in [1.54, 1.807) is 0 Å². The molecule has 0 radical (unpaired) electrons. The van der Waals surface area contributed by atoms with Crippen LogP contribution in [0.2, 0.25) is 0 Å². The highest BCUT2D eigenvalue weighted by Gasteiger charge is 2.31. The van der Waals surface area contributed by atoms with E-state index in [9.17, 15) is 24.0 Å². The van der Waals surface area contributed by atoms with Gasteiger partial charge in [-0.15, -0.1) is 0 Å². The average molecular weight is 636 g/mol. The number of carbonyl (C=O) groups is 5. The summed E-state index contributed by atoms with van der Waals surface area (Å²) in [6.07, 6.45) is 2.52. The maximum absolute atomic E-state index is 13.9. The number of nitrogens with one attached hydrogen (secondary N) is 2. The Labute approximate surface area is 271 Å². The molecule has 250 valence electrons. The Balaban J connectivity index is 2.31. The largest absolute Gasteiger partial charge is 0.370 e. The van der Waals surface area contributed by atoms with E-state index < -0.39 is 41.6 Å². The van der Waals surface area contributed by atoms with Crippen LogP contribution >= 0.6 is 0 Å². The minimum absolute atomic E-state index is 0.00728. The molecule has 2 aromatic rings. The van der Waals surface area contributed by atoms with Crippen LogP contribution in [0.3, 0.4) is 0 Å². The Morgan fingerprint density at radius 1 is 0.696 bits per heavy atom. The van der Waals surface area contributed by atoms with E-state index in [2.05, 4.69) is 15.6 Å². The minimum atomic E-state index is -0.963. The lowest BCUT2D eigenvalue weighted by Gasteiger charge is -2.25. The summed E-state index contributed by atoms with van der Waals surface area (Å²) >= 11 is 0. The molecule has 4 atom stereocenters.